The van der Waals surface area contributed by atoms with Crippen molar-refractivity contribution in [2.75, 3.05) is 0 Å². The zero-order valence-corrected chi connectivity index (χ0v) is 15.4. The number of pyridine rings is 1. The second-order valence-corrected chi connectivity index (χ2v) is 6.59. The van der Waals surface area contributed by atoms with Crippen LogP contribution < -0.4 is 4.74 Å². The van der Waals surface area contributed by atoms with Gasteiger partial charge in [0.1, 0.15) is 12.3 Å². The maximum atomic E-state index is 6.15. The van der Waals surface area contributed by atoms with E-state index in [1.165, 1.54) is 16.7 Å². The molecule has 0 amide bonds. The Morgan fingerprint density at radius 1 is 1.00 bits per heavy atom. The highest BCUT2D eigenvalue weighted by molar-refractivity contribution is 5.58. The molecular weight excluding hydrogens is 326 g/mol. The number of benzene rings is 1. The molecule has 0 saturated carbocycles. The van der Waals surface area contributed by atoms with Gasteiger partial charge in [-0.15, -0.1) is 10.2 Å². The highest BCUT2D eigenvalue weighted by Crippen LogP contribution is 2.25. The number of aromatic nitrogens is 5. The van der Waals surface area contributed by atoms with Gasteiger partial charge in [0.05, 0.1) is 5.69 Å². The average molecular weight is 347 g/mol. The van der Waals surface area contributed by atoms with E-state index in [4.69, 9.17) is 4.74 Å². The third-order valence-electron chi connectivity index (χ3n) is 4.50. The van der Waals surface area contributed by atoms with Crippen molar-refractivity contribution in [3.8, 4) is 17.4 Å². The SMILES string of the molecule is Cc1ccc(COc2cccc3nnc(-c4cc(C)nn4C)n23)c(C)c1. The van der Waals surface area contributed by atoms with E-state index in [9.17, 15) is 0 Å². The molecule has 0 unspecified atom stereocenters. The molecule has 0 saturated heterocycles. The van der Waals surface area contributed by atoms with E-state index in [0.29, 0.717) is 12.5 Å². The Morgan fingerprint density at radius 3 is 2.58 bits per heavy atom. The van der Waals surface area contributed by atoms with Gasteiger partial charge >= 0.3 is 0 Å². The molecule has 6 nitrogen and oxygen atoms in total. The van der Waals surface area contributed by atoms with Gasteiger partial charge in [0.15, 0.2) is 11.5 Å². The summed E-state index contributed by atoms with van der Waals surface area (Å²) < 4.78 is 9.89. The lowest BCUT2D eigenvalue weighted by atomic mass is 10.1. The molecule has 132 valence electrons. The first-order chi connectivity index (χ1) is 12.5. The summed E-state index contributed by atoms with van der Waals surface area (Å²) in [5.74, 6) is 1.43. The number of aryl methyl sites for hydroxylation is 4. The highest BCUT2D eigenvalue weighted by atomic mass is 16.5. The normalized spacial score (nSPS) is 11.2. The van der Waals surface area contributed by atoms with Crippen molar-refractivity contribution < 1.29 is 4.74 Å². The van der Waals surface area contributed by atoms with Crippen LogP contribution in [0.3, 0.4) is 0 Å². The first-order valence-corrected chi connectivity index (χ1v) is 8.57. The van der Waals surface area contributed by atoms with Crippen molar-refractivity contribution in [3.05, 3.63) is 64.8 Å². The maximum absolute atomic E-state index is 6.15. The van der Waals surface area contributed by atoms with E-state index < -0.39 is 0 Å². The van der Waals surface area contributed by atoms with Crippen LogP contribution in [0.15, 0.2) is 42.5 Å². The van der Waals surface area contributed by atoms with Gasteiger partial charge in [-0.3, -0.25) is 4.68 Å². The van der Waals surface area contributed by atoms with Gasteiger partial charge in [0.2, 0.25) is 5.88 Å². The monoisotopic (exact) mass is 347 g/mol. The van der Waals surface area contributed by atoms with E-state index in [-0.39, 0.29) is 0 Å². The fourth-order valence-corrected chi connectivity index (χ4v) is 3.17. The summed E-state index contributed by atoms with van der Waals surface area (Å²) in [6, 6.07) is 14.2. The molecule has 0 spiro atoms. The molecule has 0 aliphatic rings. The van der Waals surface area contributed by atoms with Gasteiger partial charge < -0.3 is 4.74 Å². The van der Waals surface area contributed by atoms with Crippen LogP contribution in [-0.4, -0.2) is 24.4 Å². The summed E-state index contributed by atoms with van der Waals surface area (Å²) in [4.78, 5) is 0. The summed E-state index contributed by atoms with van der Waals surface area (Å²) in [7, 11) is 1.91. The molecule has 1 aromatic carbocycles. The van der Waals surface area contributed by atoms with E-state index in [1.54, 1.807) is 0 Å². The highest BCUT2D eigenvalue weighted by Gasteiger charge is 2.16. The van der Waals surface area contributed by atoms with E-state index in [2.05, 4.69) is 47.3 Å². The summed E-state index contributed by atoms with van der Waals surface area (Å²) in [5, 5.41) is 13.1. The molecule has 3 heterocycles. The van der Waals surface area contributed by atoms with Crippen LogP contribution in [-0.2, 0) is 13.7 Å². The zero-order valence-electron chi connectivity index (χ0n) is 15.4. The molecule has 0 N–H and O–H groups in total. The fourth-order valence-electron chi connectivity index (χ4n) is 3.17. The molecular formula is C20H21N5O. The summed E-state index contributed by atoms with van der Waals surface area (Å²) >= 11 is 0. The summed E-state index contributed by atoms with van der Waals surface area (Å²) in [6.45, 7) is 6.66. The fraction of sp³-hybridized carbons (Fsp3) is 0.250. The minimum absolute atomic E-state index is 0.493. The van der Waals surface area contributed by atoms with Gasteiger partial charge in [-0.05, 0) is 50.1 Å². The first kappa shape index (κ1) is 16.3. The number of hydrogen-bond acceptors (Lipinski definition) is 4. The predicted molar refractivity (Wildman–Crippen MR) is 100 cm³/mol. The predicted octanol–water partition coefficient (Wildman–Crippen LogP) is 3.63. The minimum atomic E-state index is 0.493. The van der Waals surface area contributed by atoms with Crippen LogP contribution in [0.4, 0.5) is 0 Å². The van der Waals surface area contributed by atoms with Crippen molar-refractivity contribution in [2.24, 2.45) is 7.05 Å². The standard InChI is InChI=1S/C20H21N5O/c1-13-8-9-16(14(2)10-13)12-26-19-7-5-6-18-21-22-20(25(18)19)17-11-15(3)23-24(17)4/h5-11H,12H2,1-4H3. The number of fused-ring (bicyclic) bond motifs is 1. The van der Waals surface area contributed by atoms with Crippen LogP contribution in [0.1, 0.15) is 22.4 Å². The number of ether oxygens (including phenoxy) is 1. The molecule has 0 bridgehead atoms. The van der Waals surface area contributed by atoms with Crippen LogP contribution in [0, 0.1) is 20.8 Å². The van der Waals surface area contributed by atoms with Crippen LogP contribution in [0.5, 0.6) is 5.88 Å². The number of rotatable bonds is 4. The van der Waals surface area contributed by atoms with Gasteiger partial charge in [0.25, 0.3) is 0 Å². The lowest BCUT2D eigenvalue weighted by molar-refractivity contribution is 0.289. The van der Waals surface area contributed by atoms with Crippen molar-refractivity contribution in [3.63, 3.8) is 0 Å². The Morgan fingerprint density at radius 2 is 1.85 bits per heavy atom. The molecule has 0 fully saturated rings. The van der Waals surface area contributed by atoms with Crippen LogP contribution >= 0.6 is 0 Å². The lowest BCUT2D eigenvalue weighted by Crippen LogP contribution is -2.04. The van der Waals surface area contributed by atoms with Crippen molar-refractivity contribution in [1.82, 2.24) is 24.4 Å². The largest absolute Gasteiger partial charge is 0.474 e. The summed E-state index contributed by atoms with van der Waals surface area (Å²) in [6.07, 6.45) is 0. The van der Waals surface area contributed by atoms with Gasteiger partial charge in [-0.2, -0.15) is 5.10 Å². The number of nitrogens with zero attached hydrogens (tertiary/aromatic N) is 5. The molecule has 0 radical (unpaired) electrons. The van der Waals surface area contributed by atoms with E-state index in [0.717, 1.165) is 22.9 Å². The maximum Gasteiger partial charge on any atom is 0.201 e. The lowest BCUT2D eigenvalue weighted by Gasteiger charge is -2.12. The first-order valence-electron chi connectivity index (χ1n) is 8.57. The number of hydrogen-bond donors (Lipinski definition) is 0. The Bertz CT molecular complexity index is 1090. The Kier molecular flexibility index (Phi) is 3.95. The van der Waals surface area contributed by atoms with Crippen molar-refractivity contribution >= 4 is 5.65 Å². The minimum Gasteiger partial charge on any atom is -0.474 e. The van der Waals surface area contributed by atoms with Gasteiger partial charge in [0, 0.05) is 7.05 Å². The Labute approximate surface area is 152 Å². The van der Waals surface area contributed by atoms with E-state index >= 15 is 0 Å². The average Bonchev–Trinajstić information content (AvgIpc) is 3.17. The molecule has 6 heteroatoms. The molecule has 26 heavy (non-hydrogen) atoms. The Balaban J connectivity index is 1.73. The molecule has 4 rings (SSSR count). The van der Waals surface area contributed by atoms with Crippen LogP contribution in [0.25, 0.3) is 17.2 Å². The summed E-state index contributed by atoms with van der Waals surface area (Å²) in [5.41, 5.74) is 6.23. The molecule has 0 atom stereocenters. The van der Waals surface area contributed by atoms with Crippen molar-refractivity contribution in [2.45, 2.75) is 27.4 Å². The second-order valence-electron chi connectivity index (χ2n) is 6.59. The molecule has 0 aliphatic carbocycles. The molecule has 4 aromatic rings. The van der Waals surface area contributed by atoms with Gasteiger partial charge in [-0.25, -0.2) is 4.40 Å². The Hall–Kier alpha value is -3.15. The quantitative estimate of drug-likeness (QED) is 0.566. The smallest absolute Gasteiger partial charge is 0.201 e. The zero-order chi connectivity index (χ0) is 18.3. The van der Waals surface area contributed by atoms with Crippen LogP contribution in [0.2, 0.25) is 0 Å². The molecule has 3 aromatic heterocycles. The third-order valence-corrected chi connectivity index (χ3v) is 4.50. The molecule has 0 aliphatic heterocycles. The topological polar surface area (TPSA) is 57.2 Å². The van der Waals surface area contributed by atoms with Crippen molar-refractivity contribution in [1.29, 1.82) is 0 Å². The third kappa shape index (κ3) is 2.83. The second kappa shape index (κ2) is 6.29. The van der Waals surface area contributed by atoms with Gasteiger partial charge in [-0.1, -0.05) is 29.8 Å². The van der Waals surface area contributed by atoms with E-state index in [1.807, 2.05) is 47.3 Å².